The zero-order chi connectivity index (χ0) is 34.4. The molecule has 14 nitrogen and oxygen atoms in total. The van der Waals surface area contributed by atoms with E-state index in [-0.39, 0.29) is 38.4 Å². The highest BCUT2D eigenvalue weighted by molar-refractivity contribution is 5.94. The molecule has 0 unspecified atom stereocenters. The number of pyridine rings is 1. The van der Waals surface area contributed by atoms with Gasteiger partial charge in [-0.2, -0.15) is 9.83 Å². The Labute approximate surface area is 292 Å². The summed E-state index contributed by atoms with van der Waals surface area (Å²) in [5, 5.41) is 17.6. The Morgan fingerprint density at radius 1 is 0.833 bits per heavy atom. The molecule has 1 heterocycles. The second-order valence-corrected chi connectivity index (χ2v) is 11.7. The highest BCUT2D eigenvalue weighted by Gasteiger charge is 2.15. The second-order valence-electron chi connectivity index (χ2n) is 11.7. The fourth-order valence-electron chi connectivity index (χ4n) is 4.09. The summed E-state index contributed by atoms with van der Waals surface area (Å²) in [7, 11) is 1.61. The Bertz CT molecular complexity index is 1030. The van der Waals surface area contributed by atoms with Crippen molar-refractivity contribution >= 4 is 23.9 Å². The molecule has 1 rings (SSSR count). The number of carbonyl (C=O) groups excluding carboxylic acids is 2. The first kappa shape index (κ1) is 44.6. The van der Waals surface area contributed by atoms with Gasteiger partial charge >= 0.3 is 12.2 Å². The van der Waals surface area contributed by atoms with E-state index in [1.54, 1.807) is 36.2 Å². The largest absolute Gasteiger partial charge is 1.00 e. The number of anilines is 1. The van der Waals surface area contributed by atoms with Crippen molar-refractivity contribution in [2.75, 3.05) is 65.2 Å². The lowest BCUT2D eigenvalue weighted by Crippen LogP contribution is -3.00. The average Bonchev–Trinajstić information content (AvgIpc) is 3.03. The highest BCUT2D eigenvalue weighted by atomic mass is 35.5. The summed E-state index contributed by atoms with van der Waals surface area (Å²) < 4.78 is 32.5. The number of rotatable bonds is 25. The molecule has 0 saturated heterocycles. The summed E-state index contributed by atoms with van der Waals surface area (Å²) >= 11 is 0. The number of guanidine groups is 1. The number of alkyl carbamates (subject to hydrolysis) is 1. The zero-order valence-corrected chi connectivity index (χ0v) is 30.0. The molecule has 48 heavy (non-hydrogen) atoms. The minimum atomic E-state index is -0.787. The number of aromatic nitrogens is 1. The SMILES string of the molecule is COCCOCCOCCOC(=O)OC[n+]1ccc(NC(=NCCCCCCCCCCCCNC(=O)OC(C)(C)C)NC#N)cc1.[Cl-]. The van der Waals surface area contributed by atoms with E-state index in [0.29, 0.717) is 45.5 Å². The van der Waals surface area contributed by atoms with Crippen LogP contribution in [0.5, 0.6) is 0 Å². The Morgan fingerprint density at radius 2 is 1.40 bits per heavy atom. The maximum absolute atomic E-state index is 11.8. The van der Waals surface area contributed by atoms with Crippen LogP contribution in [0.25, 0.3) is 0 Å². The van der Waals surface area contributed by atoms with Crippen molar-refractivity contribution in [2.45, 2.75) is 97.3 Å². The lowest BCUT2D eigenvalue weighted by molar-refractivity contribution is -0.727. The molecule has 1 amide bonds. The van der Waals surface area contributed by atoms with E-state index in [2.05, 4.69) is 20.9 Å². The first-order chi connectivity index (χ1) is 22.7. The maximum atomic E-state index is 11.8. The predicted octanol–water partition coefficient (Wildman–Crippen LogP) is 2.03. The smallest absolute Gasteiger partial charge is 0.513 e. The Balaban J connectivity index is 0.0000221. The molecule has 0 saturated carbocycles. The van der Waals surface area contributed by atoms with E-state index in [1.807, 2.05) is 27.0 Å². The number of ether oxygens (including phenoxy) is 6. The summed E-state index contributed by atoms with van der Waals surface area (Å²) in [6.07, 6.45) is 15.6. The minimum Gasteiger partial charge on any atom is -1.00 e. The van der Waals surface area contributed by atoms with Gasteiger partial charge in [-0.3, -0.25) is 10.3 Å². The standard InChI is InChI=1S/C33H56N6O8.ClH/c1-33(2,3)47-31(40)36-18-14-12-10-8-6-5-7-9-11-13-17-35-30(37-27-34)38-29-15-19-39(20-16-29)28-46-32(41)45-26-25-44-24-23-43-22-21-42-4;/h15-16,19-20H,5-14,17-18,21-26,28H2,1-4H3,(H2,35,36,37,40);1H. The number of amides is 1. The summed E-state index contributed by atoms with van der Waals surface area (Å²) in [6.45, 7) is 9.05. The van der Waals surface area contributed by atoms with Crippen LogP contribution in [0.4, 0.5) is 15.3 Å². The second kappa shape index (κ2) is 29.7. The fourth-order valence-corrected chi connectivity index (χ4v) is 4.09. The van der Waals surface area contributed by atoms with E-state index >= 15 is 0 Å². The number of carbonyl (C=O) groups is 2. The molecule has 1 aromatic heterocycles. The Morgan fingerprint density at radius 3 is 1.98 bits per heavy atom. The Hall–Kier alpha value is -3.38. The molecule has 0 aliphatic rings. The van der Waals surface area contributed by atoms with E-state index in [9.17, 15) is 9.59 Å². The van der Waals surface area contributed by atoms with Gasteiger partial charge in [0.1, 0.15) is 12.2 Å². The summed E-state index contributed by atoms with van der Waals surface area (Å²) in [5.41, 5.74) is 0.269. The first-order valence-corrected chi connectivity index (χ1v) is 16.6. The molecule has 0 atom stereocenters. The number of halogens is 1. The Kier molecular flexibility index (Phi) is 27.6. The van der Waals surface area contributed by atoms with Crippen molar-refractivity contribution in [3.8, 4) is 6.19 Å². The number of hydrogen-bond acceptors (Lipinski definition) is 10. The van der Waals surface area contributed by atoms with E-state index in [1.165, 1.54) is 32.1 Å². The number of unbranched alkanes of at least 4 members (excludes halogenated alkanes) is 9. The molecule has 0 fully saturated rings. The van der Waals surface area contributed by atoms with Crippen LogP contribution in [0.3, 0.4) is 0 Å². The summed E-state index contributed by atoms with van der Waals surface area (Å²) in [4.78, 5) is 27.9. The predicted molar refractivity (Wildman–Crippen MR) is 178 cm³/mol. The third-order valence-electron chi connectivity index (χ3n) is 6.43. The zero-order valence-electron chi connectivity index (χ0n) is 29.2. The van der Waals surface area contributed by atoms with Crippen LogP contribution in [0.2, 0.25) is 0 Å². The van der Waals surface area contributed by atoms with Crippen molar-refractivity contribution in [2.24, 2.45) is 4.99 Å². The number of aliphatic imine (C=N–C) groups is 1. The van der Waals surface area contributed by atoms with Crippen LogP contribution in [0.15, 0.2) is 29.5 Å². The van der Waals surface area contributed by atoms with Crippen LogP contribution in [-0.4, -0.2) is 83.6 Å². The minimum absolute atomic E-state index is 0. The van der Waals surface area contributed by atoms with Gasteiger partial charge in [0.05, 0.1) is 38.7 Å². The number of nitrogens with one attached hydrogen (secondary N) is 3. The number of nitriles is 1. The van der Waals surface area contributed by atoms with Crippen LogP contribution < -0.4 is 32.9 Å². The van der Waals surface area contributed by atoms with E-state index < -0.39 is 11.8 Å². The first-order valence-electron chi connectivity index (χ1n) is 16.6. The molecule has 0 aliphatic carbocycles. The number of nitrogens with zero attached hydrogens (tertiary/aromatic N) is 3. The van der Waals surface area contributed by atoms with Gasteiger partial charge in [0, 0.05) is 32.3 Å². The van der Waals surface area contributed by atoms with Crippen molar-refractivity contribution < 1.29 is 55.0 Å². The molecule has 274 valence electrons. The third-order valence-corrected chi connectivity index (χ3v) is 6.43. The summed E-state index contributed by atoms with van der Waals surface area (Å²) in [6, 6.07) is 3.57. The molecular weight excluding hydrogens is 644 g/mol. The van der Waals surface area contributed by atoms with Gasteiger partial charge in [-0.25, -0.2) is 9.59 Å². The lowest BCUT2D eigenvalue weighted by Gasteiger charge is -2.19. The quantitative estimate of drug-likeness (QED) is 0.0260. The molecule has 0 aromatic carbocycles. The summed E-state index contributed by atoms with van der Waals surface area (Å²) in [5.74, 6) is 0.384. The van der Waals surface area contributed by atoms with Crippen LogP contribution in [0.1, 0.15) is 85.0 Å². The molecule has 15 heteroatoms. The molecule has 0 spiro atoms. The van der Waals surface area contributed by atoms with Gasteiger partial charge in [-0.05, 0) is 33.6 Å². The third kappa shape index (κ3) is 27.7. The average molecular weight is 701 g/mol. The van der Waals surface area contributed by atoms with Crippen molar-refractivity contribution in [3.63, 3.8) is 0 Å². The molecule has 0 radical (unpaired) electrons. The van der Waals surface area contributed by atoms with Gasteiger partial charge < -0.3 is 51.5 Å². The monoisotopic (exact) mass is 700 g/mol. The lowest BCUT2D eigenvalue weighted by atomic mass is 10.1. The van der Waals surface area contributed by atoms with Crippen molar-refractivity contribution in [3.05, 3.63) is 24.5 Å². The van der Waals surface area contributed by atoms with Crippen LogP contribution in [-0.2, 0) is 35.2 Å². The highest BCUT2D eigenvalue weighted by Crippen LogP contribution is 2.11. The van der Waals surface area contributed by atoms with Crippen LogP contribution >= 0.6 is 0 Å². The molecule has 3 N–H and O–H groups in total. The van der Waals surface area contributed by atoms with Crippen LogP contribution in [0, 0.1) is 11.5 Å². The normalized spacial score (nSPS) is 11.2. The van der Waals surface area contributed by atoms with Gasteiger partial charge in [0.15, 0.2) is 18.6 Å². The maximum Gasteiger partial charge on any atom is 0.513 e. The molecule has 1 aromatic rings. The fraction of sp³-hybridized carbons (Fsp3) is 0.727. The van der Waals surface area contributed by atoms with Crippen molar-refractivity contribution in [1.29, 1.82) is 5.26 Å². The van der Waals surface area contributed by atoms with Gasteiger partial charge in [-0.15, -0.1) is 0 Å². The number of hydrogen-bond donors (Lipinski definition) is 3. The van der Waals surface area contributed by atoms with Crippen molar-refractivity contribution in [1.82, 2.24) is 10.6 Å². The topological polar surface area (TPSA) is 166 Å². The molecule has 0 aliphatic heterocycles. The molecular formula is C33H57ClN6O8. The van der Waals surface area contributed by atoms with E-state index in [0.717, 1.165) is 37.8 Å². The molecule has 0 bridgehead atoms. The van der Waals surface area contributed by atoms with E-state index in [4.69, 9.17) is 33.7 Å². The van der Waals surface area contributed by atoms with Gasteiger partial charge in [0.2, 0.25) is 5.96 Å². The van der Waals surface area contributed by atoms with Gasteiger partial charge in [0.25, 0.3) is 6.73 Å². The number of methoxy groups -OCH3 is 1. The van der Waals surface area contributed by atoms with Gasteiger partial charge in [-0.1, -0.05) is 51.4 Å².